The van der Waals surface area contributed by atoms with Crippen molar-refractivity contribution in [3.8, 4) is 5.75 Å². The molecule has 21 heavy (non-hydrogen) atoms. The first-order valence-electron chi connectivity index (χ1n) is 7.86. The molecule has 4 heteroatoms. The number of ether oxygens (including phenoxy) is 1. The number of hydrogen-bond acceptors (Lipinski definition) is 3. The van der Waals surface area contributed by atoms with Gasteiger partial charge in [0.25, 0.3) is 0 Å². The summed E-state index contributed by atoms with van der Waals surface area (Å²) in [5.41, 5.74) is 1.02. The van der Waals surface area contributed by atoms with Crippen LogP contribution >= 0.6 is 0 Å². The van der Waals surface area contributed by atoms with Crippen LogP contribution in [-0.4, -0.2) is 25.6 Å². The molecule has 1 saturated heterocycles. The second-order valence-electron chi connectivity index (χ2n) is 5.72. The maximum Gasteiger partial charge on any atom is 0.220 e. The van der Waals surface area contributed by atoms with Crippen molar-refractivity contribution in [3.05, 3.63) is 29.8 Å². The predicted molar refractivity (Wildman–Crippen MR) is 84.4 cm³/mol. The fraction of sp³-hybridized carbons (Fsp3) is 0.588. The molecule has 1 heterocycles. The fourth-order valence-corrected chi connectivity index (χ4v) is 2.89. The van der Waals surface area contributed by atoms with Gasteiger partial charge < -0.3 is 15.4 Å². The quantitative estimate of drug-likeness (QED) is 0.847. The van der Waals surface area contributed by atoms with E-state index in [1.165, 1.54) is 19.3 Å². The first-order chi connectivity index (χ1) is 10.2. The lowest BCUT2D eigenvalue weighted by molar-refractivity contribution is -0.122. The molecule has 2 atom stereocenters. The van der Waals surface area contributed by atoms with Crippen LogP contribution in [0.15, 0.2) is 24.3 Å². The molecule has 0 saturated carbocycles. The van der Waals surface area contributed by atoms with Crippen LogP contribution in [0.4, 0.5) is 0 Å². The number of amides is 1. The van der Waals surface area contributed by atoms with Crippen LogP contribution in [-0.2, 0) is 4.79 Å². The zero-order valence-corrected chi connectivity index (χ0v) is 13.0. The third-order valence-corrected chi connectivity index (χ3v) is 4.12. The van der Waals surface area contributed by atoms with Gasteiger partial charge in [-0.15, -0.1) is 0 Å². The Bertz CT molecular complexity index is 456. The van der Waals surface area contributed by atoms with E-state index in [2.05, 4.69) is 10.6 Å². The molecule has 4 nitrogen and oxygen atoms in total. The van der Waals surface area contributed by atoms with Crippen LogP contribution in [0.1, 0.15) is 50.6 Å². The molecule has 0 aromatic heterocycles. The number of carbonyl (C=O) groups excluding carboxylic acids is 1. The highest BCUT2D eigenvalue weighted by Gasteiger charge is 2.16. The Balaban J connectivity index is 1.81. The summed E-state index contributed by atoms with van der Waals surface area (Å²) >= 11 is 0. The molecular formula is C17H26N2O2. The number of hydrogen-bond donors (Lipinski definition) is 2. The number of para-hydroxylation sites is 1. The Morgan fingerprint density at radius 3 is 2.95 bits per heavy atom. The largest absolute Gasteiger partial charge is 0.496 e. The average Bonchev–Trinajstić information content (AvgIpc) is 2.53. The summed E-state index contributed by atoms with van der Waals surface area (Å²) in [4.78, 5) is 12.1. The van der Waals surface area contributed by atoms with Gasteiger partial charge >= 0.3 is 0 Å². The summed E-state index contributed by atoms with van der Waals surface area (Å²) in [5.74, 6) is 0.931. The molecule has 1 unspecified atom stereocenters. The van der Waals surface area contributed by atoms with E-state index in [9.17, 15) is 4.79 Å². The van der Waals surface area contributed by atoms with Gasteiger partial charge in [0.2, 0.25) is 5.91 Å². The van der Waals surface area contributed by atoms with Gasteiger partial charge in [-0.1, -0.05) is 24.6 Å². The van der Waals surface area contributed by atoms with Crippen molar-refractivity contribution in [2.24, 2.45) is 0 Å². The number of rotatable bonds is 6. The second kappa shape index (κ2) is 8.03. The summed E-state index contributed by atoms with van der Waals surface area (Å²) in [6.07, 6.45) is 5.22. The highest BCUT2D eigenvalue weighted by Crippen LogP contribution is 2.24. The van der Waals surface area contributed by atoms with Gasteiger partial charge in [0.05, 0.1) is 13.2 Å². The monoisotopic (exact) mass is 290 g/mol. The first-order valence-corrected chi connectivity index (χ1v) is 7.86. The van der Waals surface area contributed by atoms with Crippen molar-refractivity contribution in [2.75, 3.05) is 13.7 Å². The minimum absolute atomic E-state index is 0.0343. The van der Waals surface area contributed by atoms with Crippen LogP contribution in [0, 0.1) is 0 Å². The Morgan fingerprint density at radius 1 is 1.43 bits per heavy atom. The first kappa shape index (κ1) is 15.8. The zero-order valence-electron chi connectivity index (χ0n) is 13.0. The molecule has 0 aliphatic carbocycles. The molecule has 1 fully saturated rings. The third-order valence-electron chi connectivity index (χ3n) is 4.12. The van der Waals surface area contributed by atoms with E-state index in [-0.39, 0.29) is 11.9 Å². The second-order valence-corrected chi connectivity index (χ2v) is 5.72. The Morgan fingerprint density at radius 2 is 2.24 bits per heavy atom. The van der Waals surface area contributed by atoms with Crippen LogP contribution < -0.4 is 15.4 Å². The van der Waals surface area contributed by atoms with Gasteiger partial charge in [-0.2, -0.15) is 0 Å². The van der Waals surface area contributed by atoms with Gasteiger partial charge in [0.15, 0.2) is 0 Å². The number of benzene rings is 1. The predicted octanol–water partition coefficient (Wildman–Crippen LogP) is 2.79. The highest BCUT2D eigenvalue weighted by atomic mass is 16.5. The minimum Gasteiger partial charge on any atom is -0.496 e. The van der Waals surface area contributed by atoms with Crippen LogP contribution in [0.3, 0.4) is 0 Å². The van der Waals surface area contributed by atoms with Crippen molar-refractivity contribution >= 4 is 5.91 Å². The molecule has 1 aliphatic rings. The van der Waals surface area contributed by atoms with E-state index in [0.29, 0.717) is 12.5 Å². The SMILES string of the molecule is COc1ccccc1[C@@H](C)NC(=O)CCC1CCCCN1. The van der Waals surface area contributed by atoms with E-state index >= 15 is 0 Å². The van der Waals surface area contributed by atoms with Crippen LogP contribution in [0.5, 0.6) is 5.75 Å². The maximum absolute atomic E-state index is 12.1. The lowest BCUT2D eigenvalue weighted by atomic mass is 10.00. The molecule has 0 spiro atoms. The third kappa shape index (κ3) is 4.74. The fourth-order valence-electron chi connectivity index (χ4n) is 2.89. The molecule has 1 aromatic rings. The highest BCUT2D eigenvalue weighted by molar-refractivity contribution is 5.76. The number of nitrogens with one attached hydrogen (secondary N) is 2. The van der Waals surface area contributed by atoms with Crippen LogP contribution in [0.25, 0.3) is 0 Å². The molecule has 0 bridgehead atoms. The van der Waals surface area contributed by atoms with Crippen molar-refractivity contribution in [2.45, 2.75) is 51.1 Å². The average molecular weight is 290 g/mol. The van der Waals surface area contributed by atoms with E-state index in [4.69, 9.17) is 4.74 Å². The Hall–Kier alpha value is -1.55. The molecule has 1 aromatic carbocycles. The molecule has 2 N–H and O–H groups in total. The van der Waals surface area contributed by atoms with Crippen molar-refractivity contribution in [1.82, 2.24) is 10.6 Å². The summed E-state index contributed by atoms with van der Waals surface area (Å²) in [5, 5.41) is 6.54. The van der Waals surface area contributed by atoms with Gasteiger partial charge in [0, 0.05) is 18.0 Å². The normalized spacial score (nSPS) is 19.8. The maximum atomic E-state index is 12.1. The molecular weight excluding hydrogens is 264 g/mol. The van der Waals surface area contributed by atoms with E-state index in [0.717, 1.165) is 24.3 Å². The van der Waals surface area contributed by atoms with Gasteiger partial charge in [0.1, 0.15) is 5.75 Å². The van der Waals surface area contributed by atoms with Crippen molar-refractivity contribution in [3.63, 3.8) is 0 Å². The van der Waals surface area contributed by atoms with Gasteiger partial charge in [-0.25, -0.2) is 0 Å². The summed E-state index contributed by atoms with van der Waals surface area (Å²) in [6.45, 7) is 3.08. The Labute approximate surface area is 127 Å². The topological polar surface area (TPSA) is 50.4 Å². The number of methoxy groups -OCH3 is 1. The van der Waals surface area contributed by atoms with Gasteiger partial charge in [-0.05, 0) is 38.8 Å². The van der Waals surface area contributed by atoms with Crippen molar-refractivity contribution < 1.29 is 9.53 Å². The molecule has 1 amide bonds. The zero-order chi connectivity index (χ0) is 15.1. The molecule has 116 valence electrons. The molecule has 2 rings (SSSR count). The van der Waals surface area contributed by atoms with Gasteiger partial charge in [-0.3, -0.25) is 4.79 Å². The summed E-state index contributed by atoms with van der Waals surface area (Å²) < 4.78 is 5.34. The van der Waals surface area contributed by atoms with E-state index in [1.54, 1.807) is 7.11 Å². The minimum atomic E-state index is -0.0343. The lowest BCUT2D eigenvalue weighted by Gasteiger charge is -2.23. The van der Waals surface area contributed by atoms with E-state index in [1.807, 2.05) is 31.2 Å². The number of carbonyl (C=O) groups is 1. The summed E-state index contributed by atoms with van der Waals surface area (Å²) in [7, 11) is 1.65. The Kier molecular flexibility index (Phi) is 6.05. The molecule has 0 radical (unpaired) electrons. The number of piperidine rings is 1. The summed E-state index contributed by atoms with van der Waals surface area (Å²) in [6, 6.07) is 8.29. The molecule has 1 aliphatic heterocycles. The standard InChI is InChI=1S/C17H26N2O2/c1-13(15-8-3-4-9-16(15)21-2)19-17(20)11-10-14-7-5-6-12-18-14/h3-4,8-9,13-14,18H,5-7,10-12H2,1-2H3,(H,19,20)/t13-,14?/m1/s1. The van der Waals surface area contributed by atoms with Crippen molar-refractivity contribution in [1.29, 1.82) is 0 Å². The van der Waals surface area contributed by atoms with Crippen LogP contribution in [0.2, 0.25) is 0 Å². The lowest BCUT2D eigenvalue weighted by Crippen LogP contribution is -2.35. The van der Waals surface area contributed by atoms with E-state index < -0.39 is 0 Å². The smallest absolute Gasteiger partial charge is 0.220 e.